The van der Waals surface area contributed by atoms with Gasteiger partial charge in [-0.15, -0.1) is 17.0 Å². The highest BCUT2D eigenvalue weighted by atomic mass is 79.9. The first kappa shape index (κ1) is 103. The van der Waals surface area contributed by atoms with Gasteiger partial charge in [0.05, 0.1) is 42.6 Å². The first-order valence-electron chi connectivity index (χ1n) is 43.0. The van der Waals surface area contributed by atoms with E-state index in [0.29, 0.717) is 44.9 Å². The Hall–Kier alpha value is -16.1. The van der Waals surface area contributed by atoms with Crippen molar-refractivity contribution in [1.82, 2.24) is 9.97 Å². The van der Waals surface area contributed by atoms with E-state index < -0.39 is 19.1 Å². The van der Waals surface area contributed by atoms with Crippen LogP contribution in [0.2, 0.25) is 0 Å². The van der Waals surface area contributed by atoms with E-state index in [1.54, 1.807) is 80.9 Å². The topological polar surface area (TPSA) is 275 Å². The highest BCUT2D eigenvalue weighted by molar-refractivity contribution is 8.93. The van der Waals surface area contributed by atoms with Crippen LogP contribution in [0.25, 0.3) is 67.3 Å². The van der Waals surface area contributed by atoms with E-state index in [1.165, 1.54) is 38.9 Å². The molecule has 8 N–H and O–H groups in total. The summed E-state index contributed by atoms with van der Waals surface area (Å²) < 4.78 is 10.4. The molecule has 15 aromatic carbocycles. The van der Waals surface area contributed by atoms with E-state index >= 15 is 0 Å². The Morgan fingerprint density at radius 3 is 0.904 bits per heavy atom. The van der Waals surface area contributed by atoms with Gasteiger partial charge in [-0.05, 0) is 276 Å². The maximum Gasteiger partial charge on any atom is 0.488 e. The van der Waals surface area contributed by atoms with Gasteiger partial charge in [0.25, 0.3) is 11.9 Å². The number of phenolic OH excluding ortho intramolecular Hbond substituents is 2. The number of benzene rings is 15. The Kier molecular flexibility index (Phi) is 38.7. The van der Waals surface area contributed by atoms with Crippen molar-refractivity contribution >= 4 is 105 Å². The molecular formula is C115H109BBrN5O13. The molecule has 0 aliphatic heterocycles. The second-order valence-corrected chi connectivity index (χ2v) is 31.4. The van der Waals surface area contributed by atoms with Crippen LogP contribution in [0.1, 0.15) is 73.5 Å². The fourth-order valence-corrected chi connectivity index (χ4v) is 14.1. The second-order valence-electron chi connectivity index (χ2n) is 31.4. The number of halogens is 1. The van der Waals surface area contributed by atoms with Gasteiger partial charge in [-0.2, -0.15) is 0 Å². The first-order chi connectivity index (χ1) is 64.2. The molecule has 0 atom stereocenters. The number of carboxylic acid groups (broad SMARTS) is 2. The molecule has 0 aliphatic carbocycles. The number of phenols is 2. The predicted molar refractivity (Wildman–Crippen MR) is 555 cm³/mol. The Morgan fingerprint density at radius 1 is 0.304 bits per heavy atom. The van der Waals surface area contributed by atoms with Gasteiger partial charge in [0.1, 0.15) is 29.3 Å². The number of anilines is 9. The van der Waals surface area contributed by atoms with Crippen molar-refractivity contribution in [2.24, 2.45) is 0 Å². The van der Waals surface area contributed by atoms with Gasteiger partial charge in [0.2, 0.25) is 0 Å². The summed E-state index contributed by atoms with van der Waals surface area (Å²) in [6.07, 6.45) is 1.64. The number of carbonyl (C=O) groups is 4. The molecule has 2 aromatic heterocycles. The minimum atomic E-state index is -1.34. The lowest BCUT2D eigenvalue weighted by Gasteiger charge is -2.26. The minimum Gasteiger partial charge on any atom is -0.507 e. The zero-order valence-corrected chi connectivity index (χ0v) is 78.7. The predicted octanol–water partition coefficient (Wildman–Crippen LogP) is 26.5. The number of para-hydroxylation sites is 3. The third-order valence-electron chi connectivity index (χ3n) is 21.0. The molecule has 0 radical (unpaired) electrons. The number of pyridine rings is 2. The number of nitrogens with zero attached hydrogens (tertiary/aromatic N) is 5. The lowest BCUT2D eigenvalue weighted by molar-refractivity contribution is -0.135. The molecule has 0 amide bonds. The van der Waals surface area contributed by atoms with Crippen LogP contribution >= 0.6 is 17.0 Å². The summed E-state index contributed by atoms with van der Waals surface area (Å²) in [5, 5.41) is 53.2. The van der Waals surface area contributed by atoms with Gasteiger partial charge < -0.3 is 60.1 Å². The van der Waals surface area contributed by atoms with Crippen LogP contribution in [0.15, 0.2) is 394 Å². The van der Waals surface area contributed by atoms with Gasteiger partial charge in [-0.1, -0.05) is 233 Å². The molecule has 20 heteroatoms. The van der Waals surface area contributed by atoms with Crippen molar-refractivity contribution in [2.45, 2.75) is 62.3 Å². The average Bonchev–Trinajstić information content (AvgIpc) is 0.791. The molecule has 0 saturated carbocycles. The summed E-state index contributed by atoms with van der Waals surface area (Å²) in [6, 6.07) is 131. The average molecular weight is 1860 g/mol. The van der Waals surface area contributed by atoms with E-state index in [-0.39, 0.29) is 34.0 Å². The van der Waals surface area contributed by atoms with Crippen molar-refractivity contribution in [1.29, 1.82) is 0 Å². The van der Waals surface area contributed by atoms with Crippen LogP contribution in [0.3, 0.4) is 0 Å². The largest absolute Gasteiger partial charge is 0.507 e. The second kappa shape index (κ2) is 50.9. The third-order valence-corrected chi connectivity index (χ3v) is 21.0. The normalized spacial score (nSPS) is 10.1. The number of rotatable bonds is 20. The molecule has 0 aliphatic rings. The molecule has 0 unspecified atom stereocenters. The van der Waals surface area contributed by atoms with Crippen molar-refractivity contribution in [3.8, 4) is 90.3 Å². The molecule has 0 spiro atoms. The number of aldehydes is 2. The Bertz CT molecular complexity index is 6440. The molecule has 0 fully saturated rings. The lowest BCUT2D eigenvalue weighted by atomic mass is 9.81. The Balaban J connectivity index is 0.000000202. The van der Waals surface area contributed by atoms with Crippen LogP contribution < -0.4 is 29.6 Å². The fourth-order valence-electron chi connectivity index (χ4n) is 14.1. The fraction of sp³-hybridized carbons (Fsp3) is 0.0957. The van der Waals surface area contributed by atoms with Crippen molar-refractivity contribution in [3.05, 3.63) is 444 Å². The molecule has 18 nitrogen and oxygen atoms in total. The number of aliphatic carboxylic acids is 2. The number of aromatic nitrogens is 2. The summed E-state index contributed by atoms with van der Waals surface area (Å²) >= 11 is 0. The standard InChI is InChI=1S/C39H34N2O.C37H30N2O2.C21H19NO.C8H8O2.C6H7BO2.2C2H4O2.BrH.H2O/c1-27-11-17-34(18-12-27)41(35-19-13-28(2)14-20-35)36-21-15-30(16-22-36)33-25-38(31-8-5-7-29(3)23-31)40-39(26-33)32-9-6-10-37(24-32)42-4;1-25-11-17-29(18-12-25)39(30-19-13-26(2)14-20-30)31-21-15-27(16-22-31)28-23-34(32-7-3-5-9-36(32)40)38-35(24-28)33-8-4-6-10-37(33)41;1-16-3-9-19(10-4-16)22(20-11-5-17(2)6-12-20)21-13-7-18(15-23)8-14-21;1-10-8-5-3-2-4-7(8)6-9;8-7(9)6-4-2-1-3-5-6;2*1-2(3)4;;/h5-26H,1-4H3;3-24,40-41H,1-2H3;3-15H,1-2H3;2-6H,1H3;1-5,8-9H;2*1H3,(H,3,4);1H;1H2. The van der Waals surface area contributed by atoms with E-state index in [1.807, 2.05) is 91.0 Å². The highest BCUT2D eigenvalue weighted by Crippen LogP contribution is 2.43. The number of carboxylic acids is 2. The number of hydrogen-bond donors (Lipinski definition) is 6. The van der Waals surface area contributed by atoms with Crippen LogP contribution in [0.4, 0.5) is 51.2 Å². The first-order valence-corrected chi connectivity index (χ1v) is 43.0. The van der Waals surface area contributed by atoms with Gasteiger partial charge in [0, 0.05) is 92.9 Å². The smallest absolute Gasteiger partial charge is 0.488 e. The van der Waals surface area contributed by atoms with Crippen LogP contribution in [-0.4, -0.2) is 91.8 Å². The van der Waals surface area contributed by atoms with E-state index in [0.717, 1.165) is 128 Å². The summed E-state index contributed by atoms with van der Waals surface area (Å²) in [5.74, 6) is 0.0797. The zero-order valence-electron chi connectivity index (χ0n) is 77.0. The molecule has 2 heterocycles. The van der Waals surface area contributed by atoms with E-state index in [4.69, 9.17) is 49.3 Å². The summed E-state index contributed by atoms with van der Waals surface area (Å²) in [5.41, 5.74) is 30.8. The van der Waals surface area contributed by atoms with Crippen LogP contribution in [-0.2, 0) is 9.59 Å². The zero-order chi connectivity index (χ0) is 94.9. The number of methoxy groups -OCH3 is 2. The van der Waals surface area contributed by atoms with Gasteiger partial charge >= 0.3 is 7.12 Å². The maximum atomic E-state index is 10.9. The van der Waals surface area contributed by atoms with E-state index in [9.17, 15) is 19.8 Å². The van der Waals surface area contributed by atoms with Crippen molar-refractivity contribution in [3.63, 3.8) is 0 Å². The van der Waals surface area contributed by atoms with E-state index in [2.05, 4.69) is 300 Å². The molecular weight excluding hydrogens is 1750 g/mol. The van der Waals surface area contributed by atoms with Crippen molar-refractivity contribution < 1.29 is 64.6 Å². The molecule has 682 valence electrons. The van der Waals surface area contributed by atoms with Crippen LogP contribution in [0, 0.1) is 48.5 Å². The summed E-state index contributed by atoms with van der Waals surface area (Å²) in [4.78, 5) is 55.9. The molecule has 135 heavy (non-hydrogen) atoms. The maximum absolute atomic E-state index is 10.9. The molecule has 17 rings (SSSR count). The lowest BCUT2D eigenvalue weighted by Crippen LogP contribution is -2.29. The summed E-state index contributed by atoms with van der Waals surface area (Å²) in [7, 11) is 1.90. The summed E-state index contributed by atoms with van der Waals surface area (Å²) in [6.45, 7) is 16.9. The number of hydrogen-bond acceptors (Lipinski definition) is 15. The molecule has 0 saturated heterocycles. The Morgan fingerprint density at radius 2 is 0.600 bits per heavy atom. The van der Waals surface area contributed by atoms with Gasteiger partial charge in [-0.3, -0.25) is 19.2 Å². The highest BCUT2D eigenvalue weighted by Gasteiger charge is 2.20. The quantitative estimate of drug-likeness (QED) is 0.0306. The Labute approximate surface area is 800 Å². The number of aryl methyl sites for hydroxylation is 7. The van der Waals surface area contributed by atoms with Crippen molar-refractivity contribution in [2.75, 3.05) is 28.9 Å². The SMILES string of the molecule is Br.CC(=O)O.CC(=O)O.COc1cccc(-c2cc(-c3ccc(N(c4ccc(C)cc4)c4ccc(C)cc4)cc3)cc(-c3cccc(C)c3)n2)c1.COc1ccccc1C=O.Cc1ccc(N(c2ccc(C)cc2)c2ccc(-c3cc(-c4ccccc4O)nc(-c4ccccc4O)c3)cc2)cc1.Cc1ccc(N(c2ccc(C)cc2)c2ccc(C=O)cc2)cc1.O.OB(O)c1ccccc1. The number of ether oxygens (including phenoxy) is 2. The number of aromatic hydroxyl groups is 2. The number of carbonyl (C=O) groups excluding carboxylic acids is 2. The molecule has 17 aromatic rings. The minimum absolute atomic E-state index is 0. The van der Waals surface area contributed by atoms with Gasteiger partial charge in [0.15, 0.2) is 6.29 Å². The van der Waals surface area contributed by atoms with Crippen LogP contribution in [0.5, 0.6) is 23.0 Å². The monoisotopic (exact) mass is 1860 g/mol. The third kappa shape index (κ3) is 29.7. The molecule has 0 bridgehead atoms. The van der Waals surface area contributed by atoms with Gasteiger partial charge in [-0.25, -0.2) is 9.97 Å².